The van der Waals surface area contributed by atoms with Crippen LogP contribution in [0, 0.1) is 46.8 Å². The molecule has 7 fully saturated rings. The molecule has 316 valence electrons. The van der Waals surface area contributed by atoms with E-state index in [4.69, 9.17) is 23.7 Å². The quantitative estimate of drug-likeness (QED) is 0.174. The molecule has 4 aliphatic carbocycles. The van der Waals surface area contributed by atoms with Crippen LogP contribution in [0.3, 0.4) is 0 Å². The Morgan fingerprint density at radius 1 is 0.982 bits per heavy atom. The van der Waals surface area contributed by atoms with Crippen LogP contribution >= 0.6 is 0 Å². The van der Waals surface area contributed by atoms with Crippen LogP contribution in [-0.2, 0) is 42.9 Å². The van der Waals surface area contributed by atoms with Crippen LogP contribution < -0.4 is 0 Å². The summed E-state index contributed by atoms with van der Waals surface area (Å²) in [7, 11) is 0. The predicted octanol–water partition coefficient (Wildman–Crippen LogP) is 1.61. The molecule has 0 aromatic carbocycles. The summed E-state index contributed by atoms with van der Waals surface area (Å²) in [5.41, 5.74) is -8.17. The summed E-state index contributed by atoms with van der Waals surface area (Å²) in [6.07, 6.45) is -4.21. The second kappa shape index (κ2) is 13.6. The van der Waals surface area contributed by atoms with E-state index in [2.05, 4.69) is 11.8 Å². The molecule has 1 spiro atoms. The van der Waals surface area contributed by atoms with Crippen molar-refractivity contribution in [1.82, 2.24) is 4.90 Å². The molecule has 0 amide bonds. The first-order valence-electron chi connectivity index (χ1n) is 20.7. The molecule has 3 saturated heterocycles. The lowest BCUT2D eigenvalue weighted by molar-refractivity contribution is -0.301. The van der Waals surface area contributed by atoms with Crippen molar-refractivity contribution in [2.75, 3.05) is 13.1 Å². The zero-order valence-electron chi connectivity index (χ0n) is 34.2. The number of carbonyl (C=O) groups excluding carboxylic acids is 4. The van der Waals surface area contributed by atoms with Gasteiger partial charge >= 0.3 is 23.9 Å². The summed E-state index contributed by atoms with van der Waals surface area (Å²) in [6.45, 7) is 15.4. The van der Waals surface area contributed by atoms with Gasteiger partial charge < -0.3 is 49.2 Å². The van der Waals surface area contributed by atoms with Gasteiger partial charge in [-0.1, -0.05) is 27.7 Å². The molecule has 3 unspecified atom stereocenters. The first kappa shape index (κ1) is 41.7. The molecule has 0 radical (unpaired) electrons. The lowest BCUT2D eigenvalue weighted by atomic mass is 9.49. The van der Waals surface area contributed by atoms with E-state index < -0.39 is 124 Å². The molecule has 3 aliphatic heterocycles. The third-order valence-corrected chi connectivity index (χ3v) is 16.1. The van der Waals surface area contributed by atoms with Crippen molar-refractivity contribution < 1.29 is 68.4 Å². The Hall–Kier alpha value is -2.40. The Bertz CT molecular complexity index is 1620. The van der Waals surface area contributed by atoms with Crippen LogP contribution in [0.4, 0.5) is 0 Å². The molecule has 7 aliphatic rings. The van der Waals surface area contributed by atoms with Gasteiger partial charge in [-0.05, 0) is 83.5 Å². The molecule has 0 aromatic rings. The third-order valence-electron chi connectivity index (χ3n) is 16.1. The number of esters is 4. The van der Waals surface area contributed by atoms with E-state index in [9.17, 15) is 44.7 Å². The number of aliphatic hydroxyl groups is 5. The standard InChI is InChI=1S/C41H63NO14/c1-10-20(3)34(46)55-33-31(45)30-24(18-42-17-19(2)11-12-28(42)38(30,9)49)25-16-39-32(40(25,33)50)26(53-23(6)44)15-27-36(39,7)14-13-29(41(27,51)56-39)54-35(47)37(8,48)21(4)52-22(5)43/h19-21,24-33,45,48-51H,10-18H2,1-9H3/t19-,20?,21?,24-,25-,26+,27-,28-,29-,30+,31+,32+,33-,36-,37?,38+,39+,40-,41+/m0/s1. The smallest absolute Gasteiger partial charge is 0.342 e. The topological polar surface area (TPSA) is 219 Å². The molecular formula is C41H63NO14. The Balaban J connectivity index is 1.35. The average Bonchev–Trinajstić information content (AvgIpc) is 3.37. The maximum atomic E-state index is 13.7. The van der Waals surface area contributed by atoms with Gasteiger partial charge in [0.05, 0.1) is 29.1 Å². The van der Waals surface area contributed by atoms with E-state index in [0.717, 1.165) is 20.3 Å². The highest BCUT2D eigenvalue weighted by molar-refractivity contribution is 5.80. The fourth-order valence-corrected chi connectivity index (χ4v) is 13.1. The molecule has 0 aromatic heterocycles. The van der Waals surface area contributed by atoms with Gasteiger partial charge in [0.1, 0.15) is 17.8 Å². The van der Waals surface area contributed by atoms with Gasteiger partial charge in [0, 0.05) is 50.2 Å². The maximum absolute atomic E-state index is 13.7. The number of aliphatic hydroxyl groups excluding tert-OH is 1. The van der Waals surface area contributed by atoms with E-state index in [-0.39, 0.29) is 25.3 Å². The van der Waals surface area contributed by atoms with E-state index in [1.807, 2.05) is 13.8 Å². The number of hydrogen-bond donors (Lipinski definition) is 5. The van der Waals surface area contributed by atoms with Gasteiger partial charge in [-0.25, -0.2) is 4.79 Å². The number of ether oxygens (including phenoxy) is 5. The highest BCUT2D eigenvalue weighted by Gasteiger charge is 2.88. The van der Waals surface area contributed by atoms with Crippen molar-refractivity contribution in [2.45, 2.75) is 172 Å². The number of piperidine rings is 2. The van der Waals surface area contributed by atoms with Crippen molar-refractivity contribution in [1.29, 1.82) is 0 Å². The molecule has 56 heavy (non-hydrogen) atoms. The number of nitrogens with zero attached hydrogens (tertiary/aromatic N) is 1. The zero-order valence-corrected chi connectivity index (χ0v) is 34.2. The fourth-order valence-electron chi connectivity index (χ4n) is 13.1. The number of carbonyl (C=O) groups is 4. The Morgan fingerprint density at radius 3 is 2.29 bits per heavy atom. The number of fused-ring (bicyclic) bond motifs is 5. The van der Waals surface area contributed by atoms with E-state index in [0.29, 0.717) is 38.3 Å². The van der Waals surface area contributed by atoms with Crippen molar-refractivity contribution in [3.8, 4) is 0 Å². The molecule has 7 rings (SSSR count). The highest BCUT2D eigenvalue weighted by atomic mass is 16.7. The molecule has 15 heteroatoms. The SMILES string of the molecule is CCC(C)C(=O)O[C@H]1[C@H](O)[C@H]2[C@@H](CN3C[C@@H](C)CC[C@H]3[C@@]2(C)O)[C@@H]2C[C@]34O[C@@]5(O)[C@@H](OC(=O)C(C)(O)C(C)OC(C)=O)CC[C@@]3(C)[C@@H]5C[C@@H](OC(C)=O)[C@H]4[C@@]21O. The molecule has 3 heterocycles. The Morgan fingerprint density at radius 2 is 1.66 bits per heavy atom. The minimum absolute atomic E-state index is 0.0258. The van der Waals surface area contributed by atoms with Crippen LogP contribution in [0.25, 0.3) is 0 Å². The second-order valence-electron chi connectivity index (χ2n) is 19.3. The lowest BCUT2D eigenvalue weighted by Gasteiger charge is -2.64. The fraction of sp³-hybridized carbons (Fsp3) is 0.902. The minimum atomic E-state index is -2.28. The van der Waals surface area contributed by atoms with Gasteiger partial charge in [0.25, 0.3) is 0 Å². The molecule has 4 saturated carbocycles. The van der Waals surface area contributed by atoms with E-state index in [1.54, 1.807) is 13.8 Å². The Kier molecular flexibility index (Phi) is 10.1. The van der Waals surface area contributed by atoms with Crippen LogP contribution in [0.15, 0.2) is 0 Å². The number of rotatable bonds is 8. The zero-order chi connectivity index (χ0) is 41.3. The van der Waals surface area contributed by atoms with Crippen LogP contribution in [0.5, 0.6) is 0 Å². The maximum Gasteiger partial charge on any atom is 0.342 e. The summed E-state index contributed by atoms with van der Waals surface area (Å²) >= 11 is 0. The normalized spacial score (nSPS) is 49.8. The first-order chi connectivity index (χ1) is 25.9. The van der Waals surface area contributed by atoms with Crippen molar-refractivity contribution in [3.05, 3.63) is 0 Å². The number of hydrogen-bond acceptors (Lipinski definition) is 15. The monoisotopic (exact) mass is 793 g/mol. The first-order valence-corrected chi connectivity index (χ1v) is 20.7. The molecular weight excluding hydrogens is 730 g/mol. The van der Waals surface area contributed by atoms with Gasteiger partial charge in [0.2, 0.25) is 5.79 Å². The second-order valence-corrected chi connectivity index (χ2v) is 19.3. The molecule has 15 nitrogen and oxygen atoms in total. The lowest BCUT2D eigenvalue weighted by Crippen LogP contribution is -2.77. The van der Waals surface area contributed by atoms with Crippen molar-refractivity contribution >= 4 is 23.9 Å². The van der Waals surface area contributed by atoms with Crippen LogP contribution in [-0.4, -0.2) is 132 Å². The van der Waals surface area contributed by atoms with Gasteiger partial charge in [-0.15, -0.1) is 0 Å². The van der Waals surface area contributed by atoms with Gasteiger partial charge in [-0.2, -0.15) is 0 Å². The van der Waals surface area contributed by atoms with Gasteiger partial charge in [0.15, 0.2) is 17.8 Å². The van der Waals surface area contributed by atoms with Gasteiger partial charge in [-0.3, -0.25) is 19.3 Å². The highest BCUT2D eigenvalue weighted by Crippen LogP contribution is 2.77. The molecule has 5 N–H and O–H groups in total. The summed E-state index contributed by atoms with van der Waals surface area (Å²) < 4.78 is 30.3. The van der Waals surface area contributed by atoms with Crippen LogP contribution in [0.1, 0.15) is 107 Å². The summed E-state index contributed by atoms with van der Waals surface area (Å²) in [6, 6.07) is -0.275. The third kappa shape index (κ3) is 5.67. The molecule has 19 atom stereocenters. The summed E-state index contributed by atoms with van der Waals surface area (Å²) in [5.74, 6) is -9.57. The van der Waals surface area contributed by atoms with Crippen molar-refractivity contribution in [3.63, 3.8) is 0 Å². The average molecular weight is 794 g/mol. The van der Waals surface area contributed by atoms with Crippen molar-refractivity contribution in [2.24, 2.45) is 46.8 Å². The summed E-state index contributed by atoms with van der Waals surface area (Å²) in [4.78, 5) is 54.2. The minimum Gasteiger partial charge on any atom is -0.462 e. The van der Waals surface area contributed by atoms with Crippen LogP contribution in [0.2, 0.25) is 0 Å². The van der Waals surface area contributed by atoms with E-state index >= 15 is 0 Å². The Labute approximate surface area is 328 Å². The summed E-state index contributed by atoms with van der Waals surface area (Å²) in [5, 5.41) is 62.8. The van der Waals surface area contributed by atoms with E-state index in [1.165, 1.54) is 13.8 Å². The largest absolute Gasteiger partial charge is 0.462 e. The molecule has 4 bridgehead atoms. The predicted molar refractivity (Wildman–Crippen MR) is 195 cm³/mol.